The molecule has 1 aromatic heterocycles. The number of aryl methyl sites for hydroxylation is 2. The van der Waals surface area contributed by atoms with Crippen LogP contribution in [0.2, 0.25) is 0 Å². The van der Waals surface area contributed by atoms with E-state index in [0.29, 0.717) is 6.04 Å². The Balaban J connectivity index is 2.38. The summed E-state index contributed by atoms with van der Waals surface area (Å²) in [7, 11) is 2.07. The minimum Gasteiger partial charge on any atom is -0.313 e. The molecule has 1 heterocycles. The number of hydrogen-bond acceptors (Lipinski definition) is 2. The van der Waals surface area contributed by atoms with E-state index in [9.17, 15) is 0 Å². The second-order valence-electron chi connectivity index (χ2n) is 4.02. The van der Waals surface area contributed by atoms with Crippen molar-refractivity contribution in [3.8, 4) is 0 Å². The Bertz CT molecular complexity index is 303. The van der Waals surface area contributed by atoms with Crippen LogP contribution >= 0.6 is 11.3 Å². The molecular weight excluding hydrogens is 178 g/mol. The maximum Gasteiger partial charge on any atom is 0.0354 e. The van der Waals surface area contributed by atoms with Gasteiger partial charge in [0, 0.05) is 15.8 Å². The highest BCUT2D eigenvalue weighted by Crippen LogP contribution is 2.38. The molecule has 1 aromatic rings. The number of nitrogens with one attached hydrogen (secondary N) is 1. The summed E-state index contributed by atoms with van der Waals surface area (Å²) in [5, 5.41) is 3.43. The van der Waals surface area contributed by atoms with Crippen molar-refractivity contribution in [1.82, 2.24) is 5.32 Å². The second-order valence-corrected chi connectivity index (χ2v) is 5.36. The molecule has 0 saturated carbocycles. The van der Waals surface area contributed by atoms with Gasteiger partial charge in [-0.25, -0.2) is 0 Å². The third kappa shape index (κ3) is 1.53. The van der Waals surface area contributed by atoms with Gasteiger partial charge in [-0.1, -0.05) is 6.92 Å². The molecule has 0 fully saturated rings. The Hall–Kier alpha value is -0.340. The largest absolute Gasteiger partial charge is 0.313 e. The first kappa shape index (κ1) is 9.22. The fourth-order valence-electron chi connectivity index (χ4n) is 2.31. The van der Waals surface area contributed by atoms with Crippen LogP contribution in [-0.2, 0) is 6.42 Å². The minimum absolute atomic E-state index is 0.591. The average molecular weight is 195 g/mol. The van der Waals surface area contributed by atoms with Crippen molar-refractivity contribution in [2.75, 3.05) is 7.05 Å². The van der Waals surface area contributed by atoms with Crippen LogP contribution in [0.1, 0.15) is 34.7 Å². The van der Waals surface area contributed by atoms with Gasteiger partial charge in [-0.15, -0.1) is 11.3 Å². The molecule has 2 unspecified atom stereocenters. The Kier molecular flexibility index (Phi) is 2.43. The van der Waals surface area contributed by atoms with E-state index >= 15 is 0 Å². The van der Waals surface area contributed by atoms with Crippen LogP contribution in [-0.4, -0.2) is 7.05 Å². The predicted octanol–water partition coefficient (Wildman–Crippen LogP) is 2.90. The standard InChI is InChI=1S/C11H17NS/c1-7-4-5-10-9(11(7)12-3)6-8(2)13-10/h6-7,11-12H,4-5H2,1-3H3. The summed E-state index contributed by atoms with van der Waals surface area (Å²) in [5.74, 6) is 0.784. The van der Waals surface area contributed by atoms with Crippen molar-refractivity contribution in [2.24, 2.45) is 5.92 Å². The first-order valence-corrected chi connectivity index (χ1v) is 5.80. The van der Waals surface area contributed by atoms with Gasteiger partial charge in [-0.3, -0.25) is 0 Å². The van der Waals surface area contributed by atoms with Crippen molar-refractivity contribution >= 4 is 11.3 Å². The maximum absolute atomic E-state index is 3.43. The topological polar surface area (TPSA) is 12.0 Å². The fraction of sp³-hybridized carbons (Fsp3) is 0.636. The third-order valence-electron chi connectivity index (χ3n) is 3.01. The molecule has 0 bridgehead atoms. The fourth-order valence-corrected chi connectivity index (χ4v) is 3.41. The van der Waals surface area contributed by atoms with Crippen LogP contribution in [0.5, 0.6) is 0 Å². The summed E-state index contributed by atoms with van der Waals surface area (Å²) in [4.78, 5) is 3.06. The van der Waals surface area contributed by atoms with Crippen LogP contribution in [0.4, 0.5) is 0 Å². The summed E-state index contributed by atoms with van der Waals surface area (Å²) in [6.45, 7) is 4.55. The number of thiophene rings is 1. The van der Waals surface area contributed by atoms with Gasteiger partial charge >= 0.3 is 0 Å². The van der Waals surface area contributed by atoms with Crippen LogP contribution in [0.3, 0.4) is 0 Å². The summed E-state index contributed by atoms with van der Waals surface area (Å²) >= 11 is 1.97. The number of rotatable bonds is 1. The minimum atomic E-state index is 0.591. The lowest BCUT2D eigenvalue weighted by molar-refractivity contribution is 0.367. The van der Waals surface area contributed by atoms with Gasteiger partial charge in [0.1, 0.15) is 0 Å². The SMILES string of the molecule is CNC1c2cc(C)sc2CCC1C. The monoisotopic (exact) mass is 195 g/mol. The van der Waals surface area contributed by atoms with Gasteiger partial charge in [0.05, 0.1) is 0 Å². The number of fused-ring (bicyclic) bond motifs is 1. The second kappa shape index (κ2) is 3.43. The highest BCUT2D eigenvalue weighted by molar-refractivity contribution is 7.12. The van der Waals surface area contributed by atoms with Gasteiger partial charge < -0.3 is 5.32 Å². The van der Waals surface area contributed by atoms with Crippen LogP contribution < -0.4 is 5.32 Å². The Morgan fingerprint density at radius 3 is 3.00 bits per heavy atom. The van der Waals surface area contributed by atoms with Gasteiger partial charge in [0.25, 0.3) is 0 Å². The van der Waals surface area contributed by atoms with Gasteiger partial charge in [-0.2, -0.15) is 0 Å². The molecule has 0 aliphatic heterocycles. The molecule has 72 valence electrons. The molecule has 2 heteroatoms. The van der Waals surface area contributed by atoms with E-state index in [1.165, 1.54) is 17.7 Å². The lowest BCUT2D eigenvalue weighted by atomic mass is 9.85. The van der Waals surface area contributed by atoms with Gasteiger partial charge in [0.15, 0.2) is 0 Å². The average Bonchev–Trinajstić information content (AvgIpc) is 2.45. The Morgan fingerprint density at radius 2 is 2.31 bits per heavy atom. The van der Waals surface area contributed by atoms with Crippen LogP contribution in [0.15, 0.2) is 6.07 Å². The quantitative estimate of drug-likeness (QED) is 0.726. The zero-order valence-corrected chi connectivity index (χ0v) is 9.37. The molecule has 0 amide bonds. The molecule has 0 saturated heterocycles. The van der Waals surface area contributed by atoms with E-state index in [0.717, 1.165) is 5.92 Å². The van der Waals surface area contributed by atoms with Crippen LogP contribution in [0, 0.1) is 12.8 Å². The van der Waals surface area contributed by atoms with E-state index in [1.54, 1.807) is 10.4 Å². The summed E-state index contributed by atoms with van der Waals surface area (Å²) in [6.07, 6.45) is 2.62. The number of hydrogen-bond donors (Lipinski definition) is 1. The van der Waals surface area contributed by atoms with Crippen molar-refractivity contribution in [3.05, 3.63) is 21.4 Å². The predicted molar refractivity (Wildman–Crippen MR) is 58.3 cm³/mol. The molecule has 2 atom stereocenters. The highest BCUT2D eigenvalue weighted by Gasteiger charge is 2.26. The van der Waals surface area contributed by atoms with Gasteiger partial charge in [-0.05, 0) is 44.4 Å². The molecule has 2 rings (SSSR count). The zero-order chi connectivity index (χ0) is 9.42. The molecular formula is C11H17NS. The van der Waals surface area contributed by atoms with E-state index in [1.807, 2.05) is 11.3 Å². The van der Waals surface area contributed by atoms with E-state index < -0.39 is 0 Å². The van der Waals surface area contributed by atoms with Gasteiger partial charge in [0.2, 0.25) is 0 Å². The normalized spacial score (nSPS) is 27.3. The Morgan fingerprint density at radius 1 is 1.54 bits per heavy atom. The maximum atomic E-state index is 3.43. The van der Waals surface area contributed by atoms with E-state index in [4.69, 9.17) is 0 Å². The van der Waals surface area contributed by atoms with Crippen LogP contribution in [0.25, 0.3) is 0 Å². The first-order valence-electron chi connectivity index (χ1n) is 4.99. The zero-order valence-electron chi connectivity index (χ0n) is 8.55. The van der Waals surface area contributed by atoms with E-state index in [2.05, 4.69) is 32.3 Å². The summed E-state index contributed by atoms with van der Waals surface area (Å²) in [5.41, 5.74) is 1.56. The lowest BCUT2D eigenvalue weighted by Gasteiger charge is -2.28. The first-order chi connectivity index (χ1) is 6.22. The van der Waals surface area contributed by atoms with Crippen molar-refractivity contribution in [1.29, 1.82) is 0 Å². The molecule has 1 aliphatic rings. The molecule has 13 heavy (non-hydrogen) atoms. The molecule has 1 aliphatic carbocycles. The smallest absolute Gasteiger partial charge is 0.0354 e. The van der Waals surface area contributed by atoms with Crippen molar-refractivity contribution < 1.29 is 0 Å². The molecule has 0 spiro atoms. The molecule has 0 radical (unpaired) electrons. The third-order valence-corrected chi connectivity index (χ3v) is 4.13. The highest BCUT2D eigenvalue weighted by atomic mass is 32.1. The molecule has 0 aromatic carbocycles. The molecule has 1 N–H and O–H groups in total. The molecule has 1 nitrogen and oxygen atoms in total. The Labute approximate surface area is 84.2 Å². The van der Waals surface area contributed by atoms with E-state index in [-0.39, 0.29) is 0 Å². The summed E-state index contributed by atoms with van der Waals surface area (Å²) < 4.78 is 0. The lowest BCUT2D eigenvalue weighted by Crippen LogP contribution is -2.27. The van der Waals surface area contributed by atoms with Crippen molar-refractivity contribution in [2.45, 2.75) is 32.7 Å². The van der Waals surface area contributed by atoms with Crippen molar-refractivity contribution in [3.63, 3.8) is 0 Å². The summed E-state index contributed by atoms with van der Waals surface area (Å²) in [6, 6.07) is 2.95.